The van der Waals surface area contributed by atoms with Gasteiger partial charge < -0.3 is 14.8 Å². The maximum Gasteiger partial charge on any atom is 0.160 e. The van der Waals surface area contributed by atoms with E-state index in [1.807, 2.05) is 13.1 Å². The largest absolute Gasteiger partial charge is 0.493 e. The Labute approximate surface area is 103 Å². The number of methoxy groups -OCH3 is 2. The summed E-state index contributed by atoms with van der Waals surface area (Å²) < 4.78 is 10.6. The Hall–Kier alpha value is -1.22. The van der Waals surface area contributed by atoms with Gasteiger partial charge in [0.15, 0.2) is 11.5 Å². The van der Waals surface area contributed by atoms with Crippen LogP contribution in [0.15, 0.2) is 18.2 Å². The zero-order valence-corrected chi connectivity index (χ0v) is 10.8. The highest BCUT2D eigenvalue weighted by atomic mass is 16.5. The molecular weight excluding hydrogens is 214 g/mol. The number of likely N-dealkylation sites (N-methyl/N-ethyl adjacent to an activating group) is 1. The van der Waals surface area contributed by atoms with Crippen molar-refractivity contribution >= 4 is 0 Å². The smallest absolute Gasteiger partial charge is 0.160 e. The molecule has 0 saturated heterocycles. The molecule has 2 atom stereocenters. The first-order valence-corrected chi connectivity index (χ1v) is 6.19. The van der Waals surface area contributed by atoms with Crippen molar-refractivity contribution in [3.63, 3.8) is 0 Å². The maximum absolute atomic E-state index is 5.36. The van der Waals surface area contributed by atoms with E-state index in [0.717, 1.165) is 11.5 Å². The van der Waals surface area contributed by atoms with Crippen molar-refractivity contribution < 1.29 is 9.47 Å². The zero-order chi connectivity index (χ0) is 12.3. The molecule has 0 aliphatic heterocycles. The molecule has 1 saturated carbocycles. The number of hydrogen-bond donors (Lipinski definition) is 1. The lowest BCUT2D eigenvalue weighted by Gasteiger charge is -2.20. The second kappa shape index (κ2) is 5.41. The summed E-state index contributed by atoms with van der Waals surface area (Å²) in [6, 6.07) is 6.85. The lowest BCUT2D eigenvalue weighted by Crippen LogP contribution is -2.27. The topological polar surface area (TPSA) is 30.5 Å². The second-order valence-corrected chi connectivity index (χ2v) is 4.55. The molecule has 2 rings (SSSR count). The van der Waals surface area contributed by atoms with Crippen LogP contribution in [0, 0.1) is 0 Å². The molecule has 1 aliphatic carbocycles. The summed E-state index contributed by atoms with van der Waals surface area (Å²) in [5.41, 5.74) is 1.35. The third-order valence-electron chi connectivity index (χ3n) is 3.72. The average molecular weight is 235 g/mol. The Kier molecular flexibility index (Phi) is 3.89. The number of ether oxygens (including phenoxy) is 2. The fraction of sp³-hybridized carbons (Fsp3) is 0.571. The van der Waals surface area contributed by atoms with Gasteiger partial charge in [-0.25, -0.2) is 0 Å². The fourth-order valence-electron chi connectivity index (χ4n) is 2.79. The van der Waals surface area contributed by atoms with Gasteiger partial charge in [-0.2, -0.15) is 0 Å². The van der Waals surface area contributed by atoms with E-state index in [1.54, 1.807) is 14.2 Å². The Morgan fingerprint density at radius 1 is 1.12 bits per heavy atom. The highest BCUT2D eigenvalue weighted by Crippen LogP contribution is 2.38. The molecule has 17 heavy (non-hydrogen) atoms. The van der Waals surface area contributed by atoms with E-state index < -0.39 is 0 Å². The van der Waals surface area contributed by atoms with Crippen molar-refractivity contribution in [3.8, 4) is 11.5 Å². The van der Waals surface area contributed by atoms with Gasteiger partial charge in [0.05, 0.1) is 14.2 Å². The van der Waals surface area contributed by atoms with Crippen LogP contribution in [-0.4, -0.2) is 27.3 Å². The summed E-state index contributed by atoms with van der Waals surface area (Å²) in [6.45, 7) is 0. The molecule has 3 heteroatoms. The highest BCUT2D eigenvalue weighted by molar-refractivity contribution is 5.44. The molecule has 0 bridgehead atoms. The molecule has 2 unspecified atom stereocenters. The van der Waals surface area contributed by atoms with Crippen LogP contribution in [0.1, 0.15) is 30.7 Å². The number of hydrogen-bond acceptors (Lipinski definition) is 3. The predicted molar refractivity (Wildman–Crippen MR) is 69.0 cm³/mol. The van der Waals surface area contributed by atoms with Gasteiger partial charge in [0.25, 0.3) is 0 Å². The minimum Gasteiger partial charge on any atom is -0.493 e. The Bertz CT molecular complexity index is 378. The molecule has 1 N–H and O–H groups in total. The van der Waals surface area contributed by atoms with Gasteiger partial charge in [-0.15, -0.1) is 0 Å². The van der Waals surface area contributed by atoms with Crippen molar-refractivity contribution in [3.05, 3.63) is 23.8 Å². The van der Waals surface area contributed by atoms with Crippen LogP contribution in [-0.2, 0) is 0 Å². The summed E-state index contributed by atoms with van der Waals surface area (Å²) in [7, 11) is 5.40. The molecule has 1 fully saturated rings. The summed E-state index contributed by atoms with van der Waals surface area (Å²) in [4.78, 5) is 0. The van der Waals surface area contributed by atoms with Crippen LogP contribution in [0.3, 0.4) is 0 Å². The normalized spacial score (nSPS) is 23.7. The molecule has 1 aliphatic rings. The molecule has 3 nitrogen and oxygen atoms in total. The zero-order valence-electron chi connectivity index (χ0n) is 10.8. The minimum absolute atomic E-state index is 0.591. The van der Waals surface area contributed by atoms with E-state index in [-0.39, 0.29) is 0 Å². The lowest BCUT2D eigenvalue weighted by atomic mass is 9.94. The second-order valence-electron chi connectivity index (χ2n) is 4.55. The van der Waals surface area contributed by atoms with Crippen molar-refractivity contribution in [2.24, 2.45) is 0 Å². The first kappa shape index (κ1) is 12.2. The van der Waals surface area contributed by atoms with E-state index >= 15 is 0 Å². The Balaban J connectivity index is 2.26. The monoisotopic (exact) mass is 235 g/mol. The minimum atomic E-state index is 0.591. The third-order valence-corrected chi connectivity index (χ3v) is 3.72. The summed E-state index contributed by atoms with van der Waals surface area (Å²) >= 11 is 0. The van der Waals surface area contributed by atoms with E-state index in [1.165, 1.54) is 24.8 Å². The van der Waals surface area contributed by atoms with E-state index in [2.05, 4.69) is 17.4 Å². The average Bonchev–Trinajstić information content (AvgIpc) is 2.86. The summed E-state index contributed by atoms with van der Waals surface area (Å²) in [5.74, 6) is 2.22. The van der Waals surface area contributed by atoms with Crippen molar-refractivity contribution in [2.75, 3.05) is 21.3 Å². The summed E-state index contributed by atoms with van der Waals surface area (Å²) in [5, 5.41) is 3.41. The number of nitrogens with one attached hydrogen (secondary N) is 1. The molecular formula is C14H21NO2. The first-order valence-electron chi connectivity index (χ1n) is 6.19. The van der Waals surface area contributed by atoms with Crippen LogP contribution in [0.4, 0.5) is 0 Å². The number of benzene rings is 1. The van der Waals surface area contributed by atoms with Crippen molar-refractivity contribution in [1.29, 1.82) is 0 Å². The molecule has 0 heterocycles. The van der Waals surface area contributed by atoms with Gasteiger partial charge in [-0.1, -0.05) is 12.5 Å². The van der Waals surface area contributed by atoms with E-state index in [4.69, 9.17) is 9.47 Å². The van der Waals surface area contributed by atoms with Crippen LogP contribution in [0.2, 0.25) is 0 Å². The Morgan fingerprint density at radius 3 is 2.53 bits per heavy atom. The van der Waals surface area contributed by atoms with Crippen LogP contribution in [0.5, 0.6) is 11.5 Å². The van der Waals surface area contributed by atoms with Crippen molar-refractivity contribution in [2.45, 2.75) is 31.2 Å². The van der Waals surface area contributed by atoms with E-state index in [9.17, 15) is 0 Å². The van der Waals surface area contributed by atoms with Gasteiger partial charge in [-0.05, 0) is 43.5 Å². The van der Waals surface area contributed by atoms with E-state index in [0.29, 0.717) is 12.0 Å². The van der Waals surface area contributed by atoms with Gasteiger partial charge in [0, 0.05) is 6.04 Å². The van der Waals surface area contributed by atoms with Crippen molar-refractivity contribution in [1.82, 2.24) is 5.32 Å². The number of rotatable bonds is 4. The summed E-state index contributed by atoms with van der Waals surface area (Å²) in [6.07, 6.45) is 3.81. The fourth-order valence-corrected chi connectivity index (χ4v) is 2.79. The standard InChI is InChI=1S/C14H21NO2/c1-15-12-6-4-5-11(12)10-7-8-13(16-2)14(9-10)17-3/h7-9,11-12,15H,4-6H2,1-3H3. The predicted octanol–water partition coefficient (Wildman–Crippen LogP) is 2.56. The van der Waals surface area contributed by atoms with Crippen LogP contribution < -0.4 is 14.8 Å². The molecule has 1 aromatic rings. The third kappa shape index (κ3) is 2.39. The first-order chi connectivity index (χ1) is 8.30. The van der Waals surface area contributed by atoms with Crippen LogP contribution in [0.25, 0.3) is 0 Å². The van der Waals surface area contributed by atoms with Gasteiger partial charge >= 0.3 is 0 Å². The molecule has 1 aromatic carbocycles. The SMILES string of the molecule is CNC1CCCC1c1ccc(OC)c(OC)c1. The molecule has 0 aromatic heterocycles. The van der Waals surface area contributed by atoms with Gasteiger partial charge in [0.1, 0.15) is 0 Å². The molecule has 0 radical (unpaired) electrons. The quantitative estimate of drug-likeness (QED) is 0.870. The highest BCUT2D eigenvalue weighted by Gasteiger charge is 2.27. The van der Waals surface area contributed by atoms with Gasteiger partial charge in [-0.3, -0.25) is 0 Å². The molecule has 0 amide bonds. The maximum atomic E-state index is 5.36. The lowest BCUT2D eigenvalue weighted by molar-refractivity contribution is 0.354. The van der Waals surface area contributed by atoms with Gasteiger partial charge in [0.2, 0.25) is 0 Å². The van der Waals surface area contributed by atoms with Crippen LogP contribution >= 0.6 is 0 Å². The Morgan fingerprint density at radius 2 is 1.88 bits per heavy atom. The molecule has 0 spiro atoms. The molecule has 94 valence electrons.